The molecule has 2 N–H and O–H groups in total. The molecule has 0 saturated carbocycles. The summed E-state index contributed by atoms with van der Waals surface area (Å²) in [6, 6.07) is 10.2. The normalized spacial score (nSPS) is 11.5. The number of carbonyl (C=O) groups excluding carboxylic acids is 1. The highest BCUT2D eigenvalue weighted by atomic mass is 32.2. The fourth-order valence-corrected chi connectivity index (χ4v) is 4.00. The molecule has 146 valence electrons. The number of sulfonamides is 1. The fraction of sp³-hybridized carbons (Fsp3) is 0.350. The monoisotopic (exact) mass is 390 g/mol. The van der Waals surface area contributed by atoms with Crippen molar-refractivity contribution in [2.24, 2.45) is 0 Å². The molecule has 0 aliphatic heterocycles. The van der Waals surface area contributed by atoms with Gasteiger partial charge in [0.25, 0.3) is 5.91 Å². The van der Waals surface area contributed by atoms with E-state index < -0.39 is 10.0 Å². The van der Waals surface area contributed by atoms with Crippen molar-refractivity contribution in [2.75, 3.05) is 11.9 Å². The smallest absolute Gasteiger partial charge is 0.262 e. The summed E-state index contributed by atoms with van der Waals surface area (Å²) < 4.78 is 32.6. The van der Waals surface area contributed by atoms with Gasteiger partial charge in [0.15, 0.2) is 6.61 Å². The van der Waals surface area contributed by atoms with E-state index in [0.717, 1.165) is 16.8 Å². The van der Waals surface area contributed by atoms with Crippen LogP contribution in [0.15, 0.2) is 41.3 Å². The average molecular weight is 391 g/mol. The third-order valence-corrected chi connectivity index (χ3v) is 5.61. The van der Waals surface area contributed by atoms with Crippen LogP contribution in [0, 0.1) is 20.8 Å². The van der Waals surface area contributed by atoms with Gasteiger partial charge in [-0.1, -0.05) is 18.2 Å². The van der Waals surface area contributed by atoms with Gasteiger partial charge in [0, 0.05) is 11.7 Å². The van der Waals surface area contributed by atoms with E-state index in [2.05, 4.69) is 10.0 Å². The summed E-state index contributed by atoms with van der Waals surface area (Å²) in [5, 5.41) is 2.86. The van der Waals surface area contributed by atoms with Gasteiger partial charge in [0.05, 0.1) is 4.90 Å². The number of anilines is 1. The van der Waals surface area contributed by atoms with Crippen molar-refractivity contribution in [1.29, 1.82) is 0 Å². The Morgan fingerprint density at radius 2 is 1.67 bits per heavy atom. The predicted octanol–water partition coefficient (Wildman–Crippen LogP) is 3.32. The lowest BCUT2D eigenvalue weighted by atomic mass is 10.1. The zero-order valence-electron chi connectivity index (χ0n) is 16.3. The molecule has 2 aromatic rings. The fourth-order valence-electron chi connectivity index (χ4n) is 2.66. The Bertz CT molecular complexity index is 917. The standard InChI is InChI=1S/C20H26N2O4S/c1-13(2)22-27(24,25)17-9-10-18(16(5)11-17)26-12-19(23)21-20-14(3)7-6-8-15(20)4/h6-11,13,22H,12H2,1-5H3,(H,21,23). The number of para-hydroxylation sites is 1. The van der Waals surface area contributed by atoms with Crippen LogP contribution in [-0.4, -0.2) is 27.0 Å². The molecule has 2 aromatic carbocycles. The van der Waals surface area contributed by atoms with Crippen LogP contribution in [0.4, 0.5) is 5.69 Å². The Kier molecular flexibility index (Phi) is 6.62. The lowest BCUT2D eigenvalue weighted by Gasteiger charge is -2.14. The molecule has 1 amide bonds. The van der Waals surface area contributed by atoms with E-state index in [0.29, 0.717) is 11.3 Å². The van der Waals surface area contributed by atoms with Gasteiger partial charge in [0.2, 0.25) is 10.0 Å². The van der Waals surface area contributed by atoms with Crippen molar-refractivity contribution in [3.8, 4) is 5.75 Å². The van der Waals surface area contributed by atoms with Crippen LogP contribution >= 0.6 is 0 Å². The number of rotatable bonds is 7. The highest BCUT2D eigenvalue weighted by molar-refractivity contribution is 7.89. The first-order valence-electron chi connectivity index (χ1n) is 8.72. The third-order valence-electron chi connectivity index (χ3n) is 3.95. The summed E-state index contributed by atoms with van der Waals surface area (Å²) in [5.41, 5.74) is 3.38. The molecular formula is C20H26N2O4S. The first-order valence-corrected chi connectivity index (χ1v) is 10.2. The highest BCUT2D eigenvalue weighted by Crippen LogP contribution is 2.23. The Labute approximate surface area is 161 Å². The molecule has 0 aliphatic rings. The Balaban J connectivity index is 2.05. The van der Waals surface area contributed by atoms with E-state index in [1.807, 2.05) is 32.0 Å². The first kappa shape index (κ1) is 20.9. The van der Waals surface area contributed by atoms with E-state index in [-0.39, 0.29) is 23.5 Å². The van der Waals surface area contributed by atoms with Crippen LogP contribution < -0.4 is 14.8 Å². The zero-order valence-corrected chi connectivity index (χ0v) is 17.1. The van der Waals surface area contributed by atoms with Crippen molar-refractivity contribution in [2.45, 2.75) is 45.6 Å². The molecule has 0 spiro atoms. The maximum absolute atomic E-state index is 12.2. The van der Waals surface area contributed by atoms with Crippen LogP contribution in [0.1, 0.15) is 30.5 Å². The molecule has 0 bridgehead atoms. The van der Waals surface area contributed by atoms with Crippen molar-refractivity contribution in [3.63, 3.8) is 0 Å². The molecule has 0 atom stereocenters. The van der Waals surface area contributed by atoms with E-state index in [1.165, 1.54) is 12.1 Å². The molecule has 7 heteroatoms. The predicted molar refractivity (Wildman–Crippen MR) is 107 cm³/mol. The Hall–Kier alpha value is -2.38. The molecule has 0 radical (unpaired) electrons. The molecule has 6 nitrogen and oxygen atoms in total. The second-order valence-electron chi connectivity index (χ2n) is 6.81. The van der Waals surface area contributed by atoms with Gasteiger partial charge in [-0.2, -0.15) is 0 Å². The molecule has 0 fully saturated rings. The van der Waals surface area contributed by atoms with Crippen LogP contribution in [0.3, 0.4) is 0 Å². The van der Waals surface area contributed by atoms with Crippen LogP contribution in [0.2, 0.25) is 0 Å². The number of amides is 1. The molecular weight excluding hydrogens is 364 g/mol. The lowest BCUT2D eigenvalue weighted by Crippen LogP contribution is -2.30. The number of carbonyl (C=O) groups is 1. The summed E-state index contributed by atoms with van der Waals surface area (Å²) in [7, 11) is -3.57. The number of hydrogen-bond acceptors (Lipinski definition) is 4. The number of nitrogens with one attached hydrogen (secondary N) is 2. The van der Waals surface area contributed by atoms with Gasteiger partial charge in [-0.3, -0.25) is 4.79 Å². The third kappa shape index (κ3) is 5.55. The molecule has 2 rings (SSSR count). The Morgan fingerprint density at radius 1 is 1.04 bits per heavy atom. The van der Waals surface area contributed by atoms with Gasteiger partial charge in [0.1, 0.15) is 5.75 Å². The minimum atomic E-state index is -3.57. The van der Waals surface area contributed by atoms with Gasteiger partial charge >= 0.3 is 0 Å². The van der Waals surface area contributed by atoms with E-state index >= 15 is 0 Å². The average Bonchev–Trinajstić information content (AvgIpc) is 2.56. The van der Waals surface area contributed by atoms with Crippen LogP contribution in [0.5, 0.6) is 5.75 Å². The summed E-state index contributed by atoms with van der Waals surface area (Å²) in [4.78, 5) is 12.4. The summed E-state index contributed by atoms with van der Waals surface area (Å²) >= 11 is 0. The second-order valence-corrected chi connectivity index (χ2v) is 8.52. The number of benzene rings is 2. The SMILES string of the molecule is Cc1cc(S(=O)(=O)NC(C)C)ccc1OCC(=O)Nc1c(C)cccc1C. The molecule has 0 heterocycles. The quantitative estimate of drug-likeness (QED) is 0.760. The van der Waals surface area contributed by atoms with E-state index in [1.54, 1.807) is 26.8 Å². The van der Waals surface area contributed by atoms with Crippen molar-refractivity contribution in [3.05, 3.63) is 53.1 Å². The van der Waals surface area contributed by atoms with Gasteiger partial charge in [-0.05, 0) is 69.5 Å². The maximum atomic E-state index is 12.2. The summed E-state index contributed by atoms with van der Waals surface area (Å²) in [6.07, 6.45) is 0. The van der Waals surface area contributed by atoms with Crippen molar-refractivity contribution in [1.82, 2.24) is 4.72 Å². The van der Waals surface area contributed by atoms with Crippen LogP contribution in [-0.2, 0) is 14.8 Å². The number of ether oxygens (including phenoxy) is 1. The summed E-state index contributed by atoms with van der Waals surface area (Å²) in [5.74, 6) is 0.195. The van der Waals surface area contributed by atoms with Crippen molar-refractivity contribution >= 4 is 21.6 Å². The topological polar surface area (TPSA) is 84.5 Å². The minimum Gasteiger partial charge on any atom is -0.483 e. The highest BCUT2D eigenvalue weighted by Gasteiger charge is 2.17. The van der Waals surface area contributed by atoms with E-state index in [9.17, 15) is 13.2 Å². The van der Waals surface area contributed by atoms with Gasteiger partial charge in [-0.25, -0.2) is 13.1 Å². The largest absolute Gasteiger partial charge is 0.483 e. The maximum Gasteiger partial charge on any atom is 0.262 e. The molecule has 0 aromatic heterocycles. The van der Waals surface area contributed by atoms with Gasteiger partial charge in [-0.15, -0.1) is 0 Å². The van der Waals surface area contributed by atoms with E-state index in [4.69, 9.17) is 4.74 Å². The molecule has 0 saturated heterocycles. The van der Waals surface area contributed by atoms with Crippen molar-refractivity contribution < 1.29 is 17.9 Å². The molecule has 27 heavy (non-hydrogen) atoms. The van der Waals surface area contributed by atoms with Crippen LogP contribution in [0.25, 0.3) is 0 Å². The van der Waals surface area contributed by atoms with Gasteiger partial charge < -0.3 is 10.1 Å². The first-order chi connectivity index (χ1) is 12.6. The Morgan fingerprint density at radius 3 is 2.22 bits per heavy atom. The number of hydrogen-bond donors (Lipinski definition) is 2. The minimum absolute atomic E-state index is 0.162. The second kappa shape index (κ2) is 8.54. The zero-order chi connectivity index (χ0) is 20.2. The summed E-state index contributed by atoms with van der Waals surface area (Å²) in [6.45, 7) is 8.96. The number of aryl methyl sites for hydroxylation is 3. The molecule has 0 unspecified atom stereocenters. The molecule has 0 aliphatic carbocycles. The lowest BCUT2D eigenvalue weighted by molar-refractivity contribution is -0.118.